The molecule has 2 aliphatic heterocycles. The summed E-state index contributed by atoms with van der Waals surface area (Å²) in [5, 5.41) is 25.6. The number of rotatable bonds is 3. The van der Waals surface area contributed by atoms with Gasteiger partial charge in [0.15, 0.2) is 0 Å². The molecule has 0 bridgehead atoms. The van der Waals surface area contributed by atoms with Crippen LogP contribution in [0.2, 0.25) is 0 Å². The molecule has 2 aromatic rings. The number of benzene rings is 2. The lowest BCUT2D eigenvalue weighted by atomic mass is 9.91. The molecule has 0 saturated heterocycles. The Kier molecular flexibility index (Phi) is 4.32. The molecule has 0 aromatic heterocycles. The van der Waals surface area contributed by atoms with E-state index in [0.29, 0.717) is 17.9 Å². The van der Waals surface area contributed by atoms with E-state index in [1.54, 1.807) is 12.1 Å². The summed E-state index contributed by atoms with van der Waals surface area (Å²) in [4.78, 5) is 11.3. The molecule has 6 heteroatoms. The lowest BCUT2D eigenvalue weighted by molar-refractivity contribution is 0.0696. The van der Waals surface area contributed by atoms with E-state index in [1.165, 1.54) is 5.56 Å². The number of carboxylic acid groups (broad SMARTS) is 1. The van der Waals surface area contributed by atoms with E-state index in [2.05, 4.69) is 29.3 Å². The van der Waals surface area contributed by atoms with E-state index >= 15 is 0 Å². The molecule has 2 heterocycles. The molecule has 3 unspecified atom stereocenters. The third-order valence-corrected chi connectivity index (χ3v) is 6.25. The largest absolute Gasteiger partial charge is 0.492 e. The Morgan fingerprint density at radius 3 is 2.93 bits per heavy atom. The number of nitriles is 1. The SMILES string of the molecule is Cc1cc(C2C=CCC2N2CC3COc4cc(C(=O)O)ccc4C3=N2)ccc1C#N. The van der Waals surface area contributed by atoms with Gasteiger partial charge in [0, 0.05) is 18.0 Å². The second-order valence-corrected chi connectivity index (χ2v) is 8.07. The van der Waals surface area contributed by atoms with Crippen molar-refractivity contribution < 1.29 is 14.6 Å². The van der Waals surface area contributed by atoms with Gasteiger partial charge in [-0.15, -0.1) is 0 Å². The van der Waals surface area contributed by atoms with E-state index in [4.69, 9.17) is 9.84 Å². The molecule has 150 valence electrons. The number of ether oxygens (including phenoxy) is 1. The van der Waals surface area contributed by atoms with Gasteiger partial charge < -0.3 is 9.84 Å². The first-order chi connectivity index (χ1) is 14.5. The first kappa shape index (κ1) is 18.4. The average Bonchev–Trinajstić information content (AvgIpc) is 3.40. The maximum atomic E-state index is 11.3. The molecule has 0 amide bonds. The Labute approximate surface area is 174 Å². The third kappa shape index (κ3) is 2.94. The highest BCUT2D eigenvalue weighted by Gasteiger charge is 2.39. The van der Waals surface area contributed by atoms with Gasteiger partial charge >= 0.3 is 5.97 Å². The van der Waals surface area contributed by atoms with Crippen LogP contribution in [0.4, 0.5) is 0 Å². The van der Waals surface area contributed by atoms with Crippen LogP contribution >= 0.6 is 0 Å². The summed E-state index contributed by atoms with van der Waals surface area (Å²) >= 11 is 0. The highest BCUT2D eigenvalue weighted by atomic mass is 16.5. The Hall–Kier alpha value is -3.59. The zero-order valence-electron chi connectivity index (χ0n) is 16.6. The van der Waals surface area contributed by atoms with Gasteiger partial charge in [-0.1, -0.05) is 24.3 Å². The maximum absolute atomic E-state index is 11.3. The molecule has 0 saturated carbocycles. The quantitative estimate of drug-likeness (QED) is 0.796. The first-order valence-corrected chi connectivity index (χ1v) is 10.1. The van der Waals surface area contributed by atoms with Crippen LogP contribution in [0.25, 0.3) is 0 Å². The molecule has 3 atom stereocenters. The van der Waals surface area contributed by atoms with Crippen LogP contribution < -0.4 is 4.74 Å². The van der Waals surface area contributed by atoms with E-state index < -0.39 is 5.97 Å². The zero-order chi connectivity index (χ0) is 20.8. The summed E-state index contributed by atoms with van der Waals surface area (Å²) in [6, 6.07) is 13.5. The van der Waals surface area contributed by atoms with E-state index in [9.17, 15) is 15.2 Å². The van der Waals surface area contributed by atoms with E-state index in [-0.39, 0.29) is 23.4 Å². The van der Waals surface area contributed by atoms with Crippen molar-refractivity contribution in [2.45, 2.75) is 25.3 Å². The maximum Gasteiger partial charge on any atom is 0.335 e. The Balaban J connectivity index is 1.44. The fourth-order valence-corrected chi connectivity index (χ4v) is 4.66. The lowest BCUT2D eigenvalue weighted by Crippen LogP contribution is -2.35. The standard InChI is InChI=1S/C24H21N3O3/c1-14-9-15(5-6-17(14)11-25)19-3-2-4-21(19)27-12-18-13-30-22-10-16(24(28)29)7-8-20(22)23(18)26-27/h2-3,5-10,18-19,21H,4,12-13H2,1H3,(H,28,29). The monoisotopic (exact) mass is 399 g/mol. The summed E-state index contributed by atoms with van der Waals surface area (Å²) in [5.74, 6) is 0.0273. The van der Waals surface area contributed by atoms with Gasteiger partial charge in [0.05, 0.1) is 41.5 Å². The van der Waals surface area contributed by atoms with Crippen LogP contribution in [0.1, 0.15) is 45.0 Å². The van der Waals surface area contributed by atoms with Gasteiger partial charge in [0.25, 0.3) is 0 Å². The van der Waals surface area contributed by atoms with Gasteiger partial charge in [-0.2, -0.15) is 10.4 Å². The number of nitrogens with zero attached hydrogens (tertiary/aromatic N) is 3. The van der Waals surface area contributed by atoms with Crippen LogP contribution in [-0.4, -0.2) is 41.0 Å². The van der Waals surface area contributed by atoms with Crippen molar-refractivity contribution in [1.29, 1.82) is 5.26 Å². The van der Waals surface area contributed by atoms with Crippen LogP contribution in [0.3, 0.4) is 0 Å². The molecular weight excluding hydrogens is 378 g/mol. The number of aromatic carboxylic acids is 1. The van der Waals surface area contributed by atoms with Crippen molar-refractivity contribution in [3.05, 3.63) is 76.4 Å². The fraction of sp³-hybridized carbons (Fsp3) is 0.292. The molecule has 0 radical (unpaired) electrons. The molecule has 6 nitrogen and oxygen atoms in total. The average molecular weight is 399 g/mol. The normalized spacial score (nSPS) is 23.9. The topological polar surface area (TPSA) is 85.9 Å². The number of carboxylic acids is 1. The molecule has 1 N–H and O–H groups in total. The summed E-state index contributed by atoms with van der Waals surface area (Å²) in [5.41, 5.74) is 4.98. The van der Waals surface area contributed by atoms with Crippen molar-refractivity contribution >= 4 is 11.7 Å². The molecule has 30 heavy (non-hydrogen) atoms. The number of hydrogen-bond acceptors (Lipinski definition) is 5. The summed E-state index contributed by atoms with van der Waals surface area (Å²) < 4.78 is 5.87. The van der Waals surface area contributed by atoms with Gasteiger partial charge in [0.2, 0.25) is 0 Å². The Morgan fingerprint density at radius 1 is 1.30 bits per heavy atom. The van der Waals surface area contributed by atoms with Gasteiger partial charge in [-0.3, -0.25) is 5.01 Å². The van der Waals surface area contributed by atoms with Gasteiger partial charge in [0.1, 0.15) is 5.75 Å². The lowest BCUT2D eigenvalue weighted by Gasteiger charge is -2.29. The Morgan fingerprint density at radius 2 is 2.17 bits per heavy atom. The molecule has 0 fully saturated rings. The second-order valence-electron chi connectivity index (χ2n) is 8.07. The van der Waals surface area contributed by atoms with Crippen LogP contribution in [0.5, 0.6) is 5.75 Å². The Bertz CT molecular complexity index is 1140. The number of aryl methyl sites for hydroxylation is 1. The first-order valence-electron chi connectivity index (χ1n) is 10.1. The number of carbonyl (C=O) groups is 1. The molecule has 0 spiro atoms. The minimum Gasteiger partial charge on any atom is -0.492 e. The molecule has 3 aliphatic rings. The van der Waals surface area contributed by atoms with Crippen LogP contribution in [-0.2, 0) is 0 Å². The molecule has 5 rings (SSSR count). The van der Waals surface area contributed by atoms with Crippen LogP contribution in [0.15, 0.2) is 53.7 Å². The third-order valence-electron chi connectivity index (χ3n) is 6.25. The smallest absolute Gasteiger partial charge is 0.335 e. The molecule has 2 aromatic carbocycles. The fourth-order valence-electron chi connectivity index (χ4n) is 4.66. The van der Waals surface area contributed by atoms with Crippen molar-refractivity contribution in [3.8, 4) is 11.8 Å². The van der Waals surface area contributed by atoms with Gasteiger partial charge in [-0.25, -0.2) is 4.79 Å². The summed E-state index contributed by atoms with van der Waals surface area (Å²) in [6.45, 7) is 3.26. The van der Waals surface area contributed by atoms with Gasteiger partial charge in [-0.05, 0) is 48.7 Å². The highest BCUT2D eigenvalue weighted by molar-refractivity contribution is 6.07. The number of fused-ring (bicyclic) bond motifs is 3. The van der Waals surface area contributed by atoms with Crippen molar-refractivity contribution in [2.24, 2.45) is 11.0 Å². The van der Waals surface area contributed by atoms with E-state index in [0.717, 1.165) is 29.8 Å². The van der Waals surface area contributed by atoms with Crippen molar-refractivity contribution in [3.63, 3.8) is 0 Å². The number of hydrazone groups is 1. The van der Waals surface area contributed by atoms with Crippen molar-refractivity contribution in [2.75, 3.05) is 13.2 Å². The predicted molar refractivity (Wildman–Crippen MR) is 112 cm³/mol. The minimum absolute atomic E-state index is 0.178. The summed E-state index contributed by atoms with van der Waals surface area (Å²) in [6.07, 6.45) is 5.35. The predicted octanol–water partition coefficient (Wildman–Crippen LogP) is 3.71. The van der Waals surface area contributed by atoms with Crippen LogP contribution in [0, 0.1) is 24.2 Å². The molecule has 1 aliphatic carbocycles. The van der Waals surface area contributed by atoms with E-state index in [1.807, 2.05) is 25.1 Å². The molecular formula is C24H21N3O3. The second kappa shape index (κ2) is 7.03. The zero-order valence-corrected chi connectivity index (χ0v) is 16.6. The van der Waals surface area contributed by atoms with Crippen molar-refractivity contribution in [1.82, 2.24) is 5.01 Å². The highest BCUT2D eigenvalue weighted by Crippen LogP contribution is 2.39. The minimum atomic E-state index is -0.962. The summed E-state index contributed by atoms with van der Waals surface area (Å²) in [7, 11) is 0. The number of hydrogen-bond donors (Lipinski definition) is 1.